The van der Waals surface area contributed by atoms with E-state index in [1.54, 1.807) is 36.4 Å². The summed E-state index contributed by atoms with van der Waals surface area (Å²) in [5, 5.41) is 9.52. The molecule has 3 rings (SSSR count). The van der Waals surface area contributed by atoms with E-state index in [0.717, 1.165) is 0 Å². The second-order valence-electron chi connectivity index (χ2n) is 4.83. The number of methoxy groups -OCH3 is 2. The van der Waals surface area contributed by atoms with E-state index < -0.39 is 0 Å². The zero-order chi connectivity index (χ0) is 16.6. The lowest BCUT2D eigenvalue weighted by Gasteiger charge is -2.10. The minimum Gasteiger partial charge on any atom is -0.508 e. The van der Waals surface area contributed by atoms with E-state index in [1.807, 2.05) is 0 Å². The third kappa shape index (κ3) is 2.66. The first kappa shape index (κ1) is 15.4. The van der Waals surface area contributed by atoms with E-state index in [1.165, 1.54) is 14.2 Å². The van der Waals surface area contributed by atoms with Gasteiger partial charge in [0.2, 0.25) is 5.78 Å². The summed E-state index contributed by atoms with van der Waals surface area (Å²) < 4.78 is 16.8. The summed E-state index contributed by atoms with van der Waals surface area (Å²) in [4.78, 5) is 12.6. The van der Waals surface area contributed by atoms with E-state index in [0.29, 0.717) is 32.8 Å². The Labute approximate surface area is 141 Å². The highest BCUT2D eigenvalue weighted by atomic mass is 79.9. The second-order valence-corrected chi connectivity index (χ2v) is 5.63. The van der Waals surface area contributed by atoms with Gasteiger partial charge in [0.15, 0.2) is 11.5 Å². The summed E-state index contributed by atoms with van der Waals surface area (Å²) in [5.74, 6) is 1.22. The third-order valence-electron chi connectivity index (χ3n) is 3.42. The number of aromatic hydroxyl groups is 1. The fourth-order valence-corrected chi connectivity index (χ4v) is 2.90. The number of fused-ring (bicyclic) bond motifs is 1. The number of allylic oxidation sites excluding steroid dienone is 1. The monoisotopic (exact) mass is 376 g/mol. The van der Waals surface area contributed by atoms with Gasteiger partial charge >= 0.3 is 0 Å². The highest BCUT2D eigenvalue weighted by molar-refractivity contribution is 9.10. The van der Waals surface area contributed by atoms with Gasteiger partial charge in [0.05, 0.1) is 14.2 Å². The number of carbonyl (C=O) groups is 1. The van der Waals surface area contributed by atoms with E-state index >= 15 is 0 Å². The van der Waals surface area contributed by atoms with Crippen LogP contribution < -0.4 is 14.2 Å². The number of hydrogen-bond acceptors (Lipinski definition) is 5. The molecule has 1 N–H and O–H groups in total. The maximum absolute atomic E-state index is 12.6. The molecule has 2 aromatic rings. The maximum atomic E-state index is 12.6. The summed E-state index contributed by atoms with van der Waals surface area (Å²) in [6, 6.07) is 8.17. The Hall–Kier alpha value is -2.47. The van der Waals surface area contributed by atoms with Crippen LogP contribution in [0, 0.1) is 0 Å². The molecule has 0 radical (unpaired) electrons. The van der Waals surface area contributed by atoms with E-state index in [9.17, 15) is 9.90 Å². The third-order valence-corrected chi connectivity index (χ3v) is 4.17. The average Bonchev–Trinajstić information content (AvgIpc) is 2.86. The van der Waals surface area contributed by atoms with Crippen molar-refractivity contribution in [1.29, 1.82) is 0 Å². The van der Waals surface area contributed by atoms with Crippen molar-refractivity contribution in [3.8, 4) is 23.0 Å². The van der Waals surface area contributed by atoms with Crippen LogP contribution in [0.3, 0.4) is 0 Å². The number of halogens is 1. The Kier molecular flexibility index (Phi) is 4.00. The van der Waals surface area contributed by atoms with Crippen molar-refractivity contribution >= 4 is 27.8 Å². The summed E-state index contributed by atoms with van der Waals surface area (Å²) in [6.07, 6.45) is 1.57. The molecule has 0 saturated heterocycles. The molecule has 23 heavy (non-hydrogen) atoms. The van der Waals surface area contributed by atoms with Crippen LogP contribution in [0.15, 0.2) is 40.6 Å². The van der Waals surface area contributed by atoms with E-state index in [2.05, 4.69) is 15.9 Å². The average molecular weight is 377 g/mol. The van der Waals surface area contributed by atoms with Crippen molar-refractivity contribution in [3.05, 3.63) is 51.7 Å². The van der Waals surface area contributed by atoms with E-state index in [4.69, 9.17) is 14.2 Å². The predicted octanol–water partition coefficient (Wildman–Crippen LogP) is 3.79. The van der Waals surface area contributed by atoms with Gasteiger partial charge in [0, 0.05) is 6.07 Å². The molecule has 6 heteroatoms. The van der Waals surface area contributed by atoms with Crippen molar-refractivity contribution in [2.24, 2.45) is 0 Å². The Morgan fingerprint density at radius 3 is 2.57 bits per heavy atom. The van der Waals surface area contributed by atoms with Crippen molar-refractivity contribution in [1.82, 2.24) is 0 Å². The molecule has 2 aromatic carbocycles. The van der Waals surface area contributed by atoms with Gasteiger partial charge in [-0.15, -0.1) is 0 Å². The highest BCUT2D eigenvalue weighted by Gasteiger charge is 2.34. The van der Waals surface area contributed by atoms with Crippen LogP contribution in [0.1, 0.15) is 15.9 Å². The molecule has 118 valence electrons. The van der Waals surface area contributed by atoms with Crippen LogP contribution >= 0.6 is 15.9 Å². The molecule has 0 bridgehead atoms. The number of hydrogen-bond donors (Lipinski definition) is 1. The molecular formula is C17H13BrO5. The molecule has 0 saturated carbocycles. The lowest BCUT2D eigenvalue weighted by Crippen LogP contribution is -2.00. The van der Waals surface area contributed by atoms with Crippen LogP contribution in [0.2, 0.25) is 0 Å². The molecule has 0 amide bonds. The fourth-order valence-electron chi connectivity index (χ4n) is 2.35. The number of rotatable bonds is 3. The number of ether oxygens (including phenoxy) is 3. The van der Waals surface area contributed by atoms with Gasteiger partial charge in [-0.3, -0.25) is 4.79 Å². The van der Waals surface area contributed by atoms with Crippen LogP contribution in [-0.4, -0.2) is 25.1 Å². The molecule has 0 aliphatic carbocycles. The molecule has 0 aromatic heterocycles. The summed E-state index contributed by atoms with van der Waals surface area (Å²) in [6.45, 7) is 0. The molecule has 1 aliphatic heterocycles. The SMILES string of the molecule is COc1cc(OC)c2c(c1Br)OC(=Cc1cccc(O)c1)C2=O. The van der Waals surface area contributed by atoms with Crippen LogP contribution in [0.4, 0.5) is 0 Å². The van der Waals surface area contributed by atoms with Gasteiger partial charge in [0.25, 0.3) is 0 Å². The molecule has 1 aliphatic rings. The quantitative estimate of drug-likeness (QED) is 0.825. The first-order valence-corrected chi connectivity index (χ1v) is 7.52. The number of ketones is 1. The molecule has 0 atom stereocenters. The minimum absolute atomic E-state index is 0.114. The topological polar surface area (TPSA) is 65.0 Å². The Balaban J connectivity index is 2.10. The zero-order valence-corrected chi connectivity index (χ0v) is 14.0. The number of phenolic OH excluding ortho intramolecular Hbond substituents is 1. The normalized spacial score (nSPS) is 14.6. The smallest absolute Gasteiger partial charge is 0.235 e. The van der Waals surface area contributed by atoms with Gasteiger partial charge in [-0.25, -0.2) is 0 Å². The molecule has 0 spiro atoms. The van der Waals surface area contributed by atoms with Gasteiger partial charge in [-0.2, -0.15) is 0 Å². The predicted molar refractivity (Wildman–Crippen MR) is 88.3 cm³/mol. The van der Waals surface area contributed by atoms with Crippen LogP contribution in [0.25, 0.3) is 6.08 Å². The lowest BCUT2D eigenvalue weighted by atomic mass is 10.1. The molecule has 0 unspecified atom stereocenters. The van der Waals surface area contributed by atoms with Crippen LogP contribution in [-0.2, 0) is 0 Å². The van der Waals surface area contributed by atoms with Crippen molar-refractivity contribution in [2.45, 2.75) is 0 Å². The first-order valence-electron chi connectivity index (χ1n) is 6.73. The van der Waals surface area contributed by atoms with Crippen molar-refractivity contribution < 1.29 is 24.1 Å². The first-order chi connectivity index (χ1) is 11.0. The van der Waals surface area contributed by atoms with Gasteiger partial charge in [-0.05, 0) is 39.7 Å². The van der Waals surface area contributed by atoms with E-state index in [-0.39, 0.29) is 17.3 Å². The zero-order valence-electron chi connectivity index (χ0n) is 12.4. The Morgan fingerprint density at radius 2 is 1.91 bits per heavy atom. The highest BCUT2D eigenvalue weighted by Crippen LogP contribution is 2.48. The number of Topliss-reactive ketones (excluding diaryl/α,β-unsaturated/α-hetero) is 1. The number of benzene rings is 2. The molecule has 5 nitrogen and oxygen atoms in total. The second kappa shape index (κ2) is 5.96. The van der Waals surface area contributed by atoms with Crippen molar-refractivity contribution in [2.75, 3.05) is 14.2 Å². The lowest BCUT2D eigenvalue weighted by molar-refractivity contribution is 0.101. The fraction of sp³-hybridized carbons (Fsp3) is 0.118. The maximum Gasteiger partial charge on any atom is 0.235 e. The van der Waals surface area contributed by atoms with Crippen molar-refractivity contribution in [3.63, 3.8) is 0 Å². The Bertz CT molecular complexity index is 826. The Morgan fingerprint density at radius 1 is 1.17 bits per heavy atom. The summed E-state index contributed by atoms with van der Waals surface area (Å²) in [5.41, 5.74) is 0.995. The molecule has 1 heterocycles. The van der Waals surface area contributed by atoms with Gasteiger partial charge in [-0.1, -0.05) is 12.1 Å². The molecule has 0 fully saturated rings. The number of phenols is 1. The minimum atomic E-state index is -0.288. The molecular weight excluding hydrogens is 364 g/mol. The van der Waals surface area contributed by atoms with Gasteiger partial charge in [0.1, 0.15) is 27.3 Å². The number of carbonyl (C=O) groups excluding carboxylic acids is 1. The summed E-state index contributed by atoms with van der Waals surface area (Å²) in [7, 11) is 3.00. The standard InChI is InChI=1S/C17H13BrO5/c1-21-11-8-12(22-2)15(18)17-14(11)16(20)13(23-17)7-9-4-3-5-10(19)6-9/h3-8,19H,1-2H3. The largest absolute Gasteiger partial charge is 0.508 e. The summed E-state index contributed by atoms with van der Waals surface area (Å²) >= 11 is 3.38. The van der Waals surface area contributed by atoms with Crippen LogP contribution in [0.5, 0.6) is 23.0 Å². The van der Waals surface area contributed by atoms with Gasteiger partial charge < -0.3 is 19.3 Å².